The maximum atomic E-state index is 12.1. The molecule has 3 N–H and O–H groups in total. The highest BCUT2D eigenvalue weighted by Crippen LogP contribution is 2.17. The van der Waals surface area contributed by atoms with Crippen LogP contribution in [0, 0.1) is 0 Å². The highest BCUT2D eigenvalue weighted by atomic mass is 32.1. The Bertz CT molecular complexity index is 956. The average Bonchev–Trinajstić information content (AvgIpc) is 3.24. The highest BCUT2D eigenvalue weighted by molar-refractivity contribution is 7.12. The maximum Gasteiger partial charge on any atom is 0.265 e. The van der Waals surface area contributed by atoms with E-state index >= 15 is 0 Å². The van der Waals surface area contributed by atoms with E-state index in [0.29, 0.717) is 21.8 Å². The van der Waals surface area contributed by atoms with Crippen LogP contribution in [-0.2, 0) is 4.79 Å². The summed E-state index contributed by atoms with van der Waals surface area (Å²) in [4.78, 5) is 36.8. The molecule has 0 aliphatic rings. The first-order valence-corrected chi connectivity index (χ1v) is 9.58. The van der Waals surface area contributed by atoms with E-state index < -0.39 is 0 Å². The Morgan fingerprint density at radius 3 is 2.25 bits per heavy atom. The van der Waals surface area contributed by atoms with E-state index in [1.807, 2.05) is 17.5 Å². The van der Waals surface area contributed by atoms with Crippen molar-refractivity contribution in [3.8, 4) is 0 Å². The Balaban J connectivity index is 1.47. The molecular weight excluding hydrogens is 374 g/mol. The second-order valence-electron chi connectivity index (χ2n) is 5.93. The lowest BCUT2D eigenvalue weighted by Gasteiger charge is -2.09. The molecule has 1 aromatic heterocycles. The number of rotatable bonds is 7. The lowest BCUT2D eigenvalue weighted by Crippen LogP contribution is -2.27. The molecule has 0 aliphatic heterocycles. The lowest BCUT2D eigenvalue weighted by molar-refractivity contribution is -0.116. The first kappa shape index (κ1) is 19.3. The van der Waals surface area contributed by atoms with Crippen LogP contribution in [0.25, 0.3) is 0 Å². The van der Waals surface area contributed by atoms with Crippen molar-refractivity contribution in [3.05, 3.63) is 82.6 Å². The molecule has 142 valence electrons. The van der Waals surface area contributed by atoms with Gasteiger partial charge in [0.15, 0.2) is 0 Å². The van der Waals surface area contributed by atoms with Crippen molar-refractivity contribution in [1.29, 1.82) is 0 Å². The van der Waals surface area contributed by atoms with Crippen LogP contribution in [0.2, 0.25) is 0 Å². The van der Waals surface area contributed by atoms with Gasteiger partial charge >= 0.3 is 0 Å². The molecule has 0 atom stereocenters. The summed E-state index contributed by atoms with van der Waals surface area (Å²) < 4.78 is 0. The SMILES string of the molecule is O=C(CCNC(=O)c1ccccc1)Nc1cccc(NC(=O)c2cccs2)c1. The Hall–Kier alpha value is -3.45. The molecule has 6 nitrogen and oxygen atoms in total. The highest BCUT2D eigenvalue weighted by Gasteiger charge is 2.09. The molecule has 7 heteroatoms. The Morgan fingerprint density at radius 2 is 1.54 bits per heavy atom. The van der Waals surface area contributed by atoms with Crippen molar-refractivity contribution in [2.75, 3.05) is 17.2 Å². The number of nitrogens with one attached hydrogen (secondary N) is 3. The minimum Gasteiger partial charge on any atom is -0.352 e. The summed E-state index contributed by atoms with van der Waals surface area (Å²) >= 11 is 1.36. The maximum absolute atomic E-state index is 12.1. The first-order valence-electron chi connectivity index (χ1n) is 8.70. The third kappa shape index (κ3) is 5.52. The number of thiophene rings is 1. The molecule has 2 aromatic carbocycles. The molecule has 0 saturated heterocycles. The summed E-state index contributed by atoms with van der Waals surface area (Å²) in [5.74, 6) is -0.635. The molecule has 1 heterocycles. The van der Waals surface area contributed by atoms with Gasteiger partial charge in [0.2, 0.25) is 5.91 Å². The number of carbonyl (C=O) groups is 3. The fourth-order valence-corrected chi connectivity index (χ4v) is 3.10. The molecule has 0 aliphatic carbocycles. The van der Waals surface area contributed by atoms with Crippen LogP contribution in [0.15, 0.2) is 72.1 Å². The minimum atomic E-state index is -0.227. The Kier molecular flexibility index (Phi) is 6.54. The van der Waals surface area contributed by atoms with Crippen LogP contribution in [0.5, 0.6) is 0 Å². The molecule has 0 radical (unpaired) electrons. The van der Waals surface area contributed by atoms with Gasteiger partial charge in [0.1, 0.15) is 0 Å². The van der Waals surface area contributed by atoms with Gasteiger partial charge in [-0.1, -0.05) is 30.3 Å². The van der Waals surface area contributed by atoms with Gasteiger partial charge in [0.05, 0.1) is 4.88 Å². The largest absolute Gasteiger partial charge is 0.352 e. The molecule has 0 saturated carbocycles. The second kappa shape index (κ2) is 9.48. The number of hydrogen-bond acceptors (Lipinski definition) is 4. The van der Waals surface area contributed by atoms with E-state index in [0.717, 1.165) is 0 Å². The van der Waals surface area contributed by atoms with E-state index in [1.54, 1.807) is 54.6 Å². The number of carbonyl (C=O) groups excluding carboxylic acids is 3. The van der Waals surface area contributed by atoms with Crippen LogP contribution in [0.3, 0.4) is 0 Å². The molecule has 0 spiro atoms. The summed E-state index contributed by atoms with van der Waals surface area (Å²) in [7, 11) is 0. The first-order chi connectivity index (χ1) is 13.6. The van der Waals surface area contributed by atoms with E-state index in [-0.39, 0.29) is 30.7 Å². The van der Waals surface area contributed by atoms with E-state index in [2.05, 4.69) is 16.0 Å². The fourth-order valence-electron chi connectivity index (χ4n) is 2.48. The van der Waals surface area contributed by atoms with Gasteiger partial charge in [-0.2, -0.15) is 0 Å². The zero-order valence-corrected chi connectivity index (χ0v) is 15.8. The van der Waals surface area contributed by atoms with Crippen molar-refractivity contribution in [1.82, 2.24) is 5.32 Å². The van der Waals surface area contributed by atoms with Crippen LogP contribution in [0.4, 0.5) is 11.4 Å². The van der Waals surface area contributed by atoms with Gasteiger partial charge < -0.3 is 16.0 Å². The van der Waals surface area contributed by atoms with Gasteiger partial charge in [-0.15, -0.1) is 11.3 Å². The van der Waals surface area contributed by atoms with Crippen molar-refractivity contribution < 1.29 is 14.4 Å². The molecular formula is C21H19N3O3S. The molecule has 3 aromatic rings. The van der Waals surface area contributed by atoms with Crippen molar-refractivity contribution in [2.24, 2.45) is 0 Å². The third-order valence-electron chi connectivity index (χ3n) is 3.82. The fraction of sp³-hybridized carbons (Fsp3) is 0.0952. The number of hydrogen-bond donors (Lipinski definition) is 3. The smallest absolute Gasteiger partial charge is 0.265 e. The van der Waals surface area contributed by atoms with E-state index in [4.69, 9.17) is 0 Å². The Morgan fingerprint density at radius 1 is 0.786 bits per heavy atom. The van der Waals surface area contributed by atoms with Crippen LogP contribution < -0.4 is 16.0 Å². The van der Waals surface area contributed by atoms with Crippen molar-refractivity contribution >= 4 is 40.4 Å². The van der Waals surface area contributed by atoms with Crippen LogP contribution in [-0.4, -0.2) is 24.3 Å². The average molecular weight is 393 g/mol. The summed E-state index contributed by atoms with van der Waals surface area (Å²) in [6.45, 7) is 0.231. The predicted octanol–water partition coefficient (Wildman–Crippen LogP) is 3.76. The van der Waals surface area contributed by atoms with Crippen LogP contribution in [0.1, 0.15) is 26.5 Å². The van der Waals surface area contributed by atoms with E-state index in [9.17, 15) is 14.4 Å². The molecule has 3 rings (SSSR count). The van der Waals surface area contributed by atoms with Gasteiger partial charge in [0, 0.05) is 29.9 Å². The molecule has 3 amide bonds. The molecule has 0 fully saturated rings. The summed E-state index contributed by atoms with van der Waals surface area (Å²) in [6.07, 6.45) is 0.143. The van der Waals surface area contributed by atoms with E-state index in [1.165, 1.54) is 11.3 Å². The second-order valence-corrected chi connectivity index (χ2v) is 6.88. The number of amides is 3. The quantitative estimate of drug-likeness (QED) is 0.571. The Labute approximate surface area is 166 Å². The minimum absolute atomic E-state index is 0.143. The van der Waals surface area contributed by atoms with Crippen LogP contribution >= 0.6 is 11.3 Å². The zero-order chi connectivity index (χ0) is 19.8. The van der Waals surface area contributed by atoms with Crippen molar-refractivity contribution in [2.45, 2.75) is 6.42 Å². The van der Waals surface area contributed by atoms with Gasteiger partial charge in [-0.3, -0.25) is 14.4 Å². The standard InChI is InChI=1S/C21H19N3O3S/c25-19(11-12-22-20(26)15-6-2-1-3-7-15)23-16-8-4-9-17(14-16)24-21(27)18-10-5-13-28-18/h1-10,13-14H,11-12H2,(H,22,26)(H,23,25)(H,24,27). The van der Waals surface area contributed by atoms with Gasteiger partial charge in [-0.25, -0.2) is 0 Å². The third-order valence-corrected chi connectivity index (χ3v) is 4.69. The normalized spacial score (nSPS) is 10.1. The molecule has 0 unspecified atom stereocenters. The molecule has 0 bridgehead atoms. The topological polar surface area (TPSA) is 87.3 Å². The zero-order valence-electron chi connectivity index (χ0n) is 15.0. The molecule has 28 heavy (non-hydrogen) atoms. The summed E-state index contributed by atoms with van der Waals surface area (Å²) in [6, 6.07) is 19.3. The number of benzene rings is 2. The predicted molar refractivity (Wildman–Crippen MR) is 111 cm³/mol. The van der Waals surface area contributed by atoms with Gasteiger partial charge in [-0.05, 0) is 41.8 Å². The van der Waals surface area contributed by atoms with Gasteiger partial charge in [0.25, 0.3) is 11.8 Å². The summed E-state index contributed by atoms with van der Waals surface area (Å²) in [5.41, 5.74) is 1.72. The lowest BCUT2D eigenvalue weighted by atomic mass is 10.2. The summed E-state index contributed by atoms with van der Waals surface area (Å²) in [5, 5.41) is 10.1. The van der Waals surface area contributed by atoms with Crippen molar-refractivity contribution in [3.63, 3.8) is 0 Å². The monoisotopic (exact) mass is 393 g/mol. The number of anilines is 2.